The van der Waals surface area contributed by atoms with Gasteiger partial charge in [-0.15, -0.1) is 0 Å². The molecule has 1 heterocycles. The maximum atomic E-state index is 11.8. The highest BCUT2D eigenvalue weighted by molar-refractivity contribution is 6.02. The van der Waals surface area contributed by atoms with Gasteiger partial charge >= 0.3 is 5.97 Å². The lowest BCUT2D eigenvalue weighted by Crippen LogP contribution is -2.10. The van der Waals surface area contributed by atoms with Crippen molar-refractivity contribution in [3.8, 4) is 0 Å². The minimum absolute atomic E-state index is 0.0864. The number of nitrogens with zero attached hydrogens (tertiary/aromatic N) is 1. The number of amides is 1. The molecule has 1 aromatic carbocycles. The van der Waals surface area contributed by atoms with Crippen LogP contribution in [-0.2, 0) is 11.2 Å². The summed E-state index contributed by atoms with van der Waals surface area (Å²) in [5, 5.41) is 14.9. The molecule has 0 atom stereocenters. The number of carboxylic acid groups (broad SMARTS) is 1. The fourth-order valence-corrected chi connectivity index (χ4v) is 1.67. The first kappa shape index (κ1) is 13.8. The third kappa shape index (κ3) is 3.68. The van der Waals surface area contributed by atoms with Crippen LogP contribution in [0.1, 0.15) is 28.2 Å². The Kier molecular flexibility index (Phi) is 4.14. The van der Waals surface area contributed by atoms with Crippen LogP contribution in [0.2, 0.25) is 0 Å². The van der Waals surface area contributed by atoms with Crippen molar-refractivity contribution >= 4 is 17.6 Å². The Hall–Kier alpha value is -2.63. The van der Waals surface area contributed by atoms with Gasteiger partial charge in [-0.25, -0.2) is 0 Å². The van der Waals surface area contributed by atoms with Crippen LogP contribution in [0.15, 0.2) is 34.9 Å². The summed E-state index contributed by atoms with van der Waals surface area (Å²) in [5.74, 6) is -1.05. The van der Waals surface area contributed by atoms with E-state index in [4.69, 9.17) is 9.63 Å². The van der Waals surface area contributed by atoms with Crippen molar-refractivity contribution in [3.05, 3.63) is 47.3 Å². The molecular formula is C14H14N2O4. The standard InChI is InChI=1S/C14H14N2O4/c1-9-8-12(20-16-9)14(19)15-11-5-2-10(3-6-11)4-7-13(17)18/h2-3,5-6,8H,4,7H2,1H3,(H,15,19)(H,17,18). The van der Waals surface area contributed by atoms with Gasteiger partial charge in [0.2, 0.25) is 5.76 Å². The maximum Gasteiger partial charge on any atom is 0.303 e. The van der Waals surface area contributed by atoms with Gasteiger partial charge in [0.15, 0.2) is 0 Å². The molecule has 6 heteroatoms. The Labute approximate surface area is 115 Å². The molecule has 2 N–H and O–H groups in total. The van der Waals surface area contributed by atoms with Crippen LogP contribution in [-0.4, -0.2) is 22.1 Å². The van der Waals surface area contributed by atoms with Gasteiger partial charge in [-0.1, -0.05) is 17.3 Å². The average Bonchev–Trinajstić information content (AvgIpc) is 2.85. The largest absolute Gasteiger partial charge is 0.481 e. The van der Waals surface area contributed by atoms with E-state index < -0.39 is 5.97 Å². The molecule has 0 spiro atoms. The topological polar surface area (TPSA) is 92.4 Å². The van der Waals surface area contributed by atoms with Crippen molar-refractivity contribution in [2.75, 3.05) is 5.32 Å². The van der Waals surface area contributed by atoms with Gasteiger partial charge in [0, 0.05) is 18.2 Å². The lowest BCUT2D eigenvalue weighted by Gasteiger charge is -2.04. The average molecular weight is 274 g/mol. The molecule has 2 aromatic rings. The van der Waals surface area contributed by atoms with Crippen LogP contribution in [0.4, 0.5) is 5.69 Å². The van der Waals surface area contributed by atoms with Crippen LogP contribution >= 0.6 is 0 Å². The van der Waals surface area contributed by atoms with Crippen molar-refractivity contribution in [1.82, 2.24) is 5.16 Å². The monoisotopic (exact) mass is 274 g/mol. The highest BCUT2D eigenvalue weighted by Gasteiger charge is 2.11. The minimum Gasteiger partial charge on any atom is -0.481 e. The molecule has 0 unspecified atom stereocenters. The predicted molar refractivity (Wildman–Crippen MR) is 71.6 cm³/mol. The number of carbonyl (C=O) groups is 2. The molecule has 0 aliphatic carbocycles. The number of aromatic nitrogens is 1. The minimum atomic E-state index is -0.830. The van der Waals surface area contributed by atoms with Gasteiger partial charge in [-0.05, 0) is 31.0 Å². The second kappa shape index (κ2) is 6.01. The zero-order valence-corrected chi connectivity index (χ0v) is 10.9. The maximum absolute atomic E-state index is 11.8. The van der Waals surface area contributed by atoms with E-state index in [9.17, 15) is 9.59 Å². The molecule has 0 saturated carbocycles. The van der Waals surface area contributed by atoms with Crippen LogP contribution in [0.5, 0.6) is 0 Å². The highest BCUT2D eigenvalue weighted by atomic mass is 16.5. The first-order valence-corrected chi connectivity index (χ1v) is 6.10. The van der Waals surface area contributed by atoms with Crippen LogP contribution in [0.25, 0.3) is 0 Å². The van der Waals surface area contributed by atoms with Crippen molar-refractivity contribution in [2.45, 2.75) is 19.8 Å². The summed E-state index contributed by atoms with van der Waals surface area (Å²) in [6.45, 7) is 1.73. The number of hydrogen-bond acceptors (Lipinski definition) is 4. The molecule has 0 bridgehead atoms. The summed E-state index contributed by atoms with van der Waals surface area (Å²) in [7, 11) is 0. The Morgan fingerprint density at radius 2 is 2.00 bits per heavy atom. The molecule has 2 rings (SSSR count). The van der Waals surface area contributed by atoms with Crippen LogP contribution in [0.3, 0.4) is 0 Å². The van der Waals surface area contributed by atoms with Crippen molar-refractivity contribution in [1.29, 1.82) is 0 Å². The summed E-state index contributed by atoms with van der Waals surface area (Å²) in [4.78, 5) is 22.3. The van der Waals surface area contributed by atoms with E-state index in [2.05, 4.69) is 10.5 Å². The van der Waals surface area contributed by atoms with Gasteiger partial charge in [-0.2, -0.15) is 0 Å². The normalized spacial score (nSPS) is 10.2. The van der Waals surface area contributed by atoms with Crippen LogP contribution < -0.4 is 5.32 Å². The fraction of sp³-hybridized carbons (Fsp3) is 0.214. The Morgan fingerprint density at radius 3 is 2.55 bits per heavy atom. The SMILES string of the molecule is Cc1cc(C(=O)Nc2ccc(CCC(=O)O)cc2)on1. The van der Waals surface area contributed by atoms with Crippen molar-refractivity contribution < 1.29 is 19.2 Å². The number of nitrogens with one attached hydrogen (secondary N) is 1. The second-order valence-electron chi connectivity index (χ2n) is 4.38. The Morgan fingerprint density at radius 1 is 1.30 bits per heavy atom. The lowest BCUT2D eigenvalue weighted by atomic mass is 10.1. The number of carboxylic acids is 1. The van der Waals surface area contributed by atoms with E-state index >= 15 is 0 Å². The molecule has 6 nitrogen and oxygen atoms in total. The van der Waals surface area contributed by atoms with Gasteiger partial charge < -0.3 is 14.9 Å². The van der Waals surface area contributed by atoms with E-state index in [0.29, 0.717) is 17.8 Å². The van der Waals surface area contributed by atoms with Crippen molar-refractivity contribution in [2.24, 2.45) is 0 Å². The van der Waals surface area contributed by atoms with Crippen LogP contribution in [0, 0.1) is 6.92 Å². The van der Waals surface area contributed by atoms with Gasteiger partial charge in [0.25, 0.3) is 5.91 Å². The molecule has 0 aliphatic heterocycles. The lowest BCUT2D eigenvalue weighted by molar-refractivity contribution is -0.136. The van der Waals surface area contributed by atoms with Gasteiger partial charge in [0.05, 0.1) is 5.69 Å². The number of carbonyl (C=O) groups excluding carboxylic acids is 1. The summed E-state index contributed by atoms with van der Waals surface area (Å²) in [5.41, 5.74) is 2.16. The number of aliphatic carboxylic acids is 1. The number of rotatable bonds is 5. The highest BCUT2D eigenvalue weighted by Crippen LogP contribution is 2.13. The molecule has 1 amide bonds. The molecular weight excluding hydrogens is 260 g/mol. The Balaban J connectivity index is 1.96. The summed E-state index contributed by atoms with van der Waals surface area (Å²) < 4.78 is 4.86. The first-order chi connectivity index (χ1) is 9.54. The third-order valence-corrected chi connectivity index (χ3v) is 2.69. The van der Waals surface area contributed by atoms with E-state index in [1.807, 2.05) is 0 Å². The second-order valence-corrected chi connectivity index (χ2v) is 4.38. The van der Waals surface area contributed by atoms with Gasteiger partial charge in [0.1, 0.15) is 0 Å². The number of hydrogen-bond donors (Lipinski definition) is 2. The number of aryl methyl sites for hydroxylation is 2. The van der Waals surface area contributed by atoms with E-state index in [1.54, 1.807) is 37.3 Å². The zero-order valence-electron chi connectivity index (χ0n) is 10.9. The summed E-state index contributed by atoms with van der Waals surface area (Å²) in [6.07, 6.45) is 0.550. The van der Waals surface area contributed by atoms with E-state index in [1.165, 1.54) is 0 Å². The number of benzene rings is 1. The van der Waals surface area contributed by atoms with E-state index in [0.717, 1.165) is 5.56 Å². The van der Waals surface area contributed by atoms with E-state index in [-0.39, 0.29) is 18.1 Å². The quantitative estimate of drug-likeness (QED) is 0.872. The molecule has 0 saturated heterocycles. The molecule has 20 heavy (non-hydrogen) atoms. The molecule has 0 radical (unpaired) electrons. The first-order valence-electron chi connectivity index (χ1n) is 6.10. The zero-order chi connectivity index (χ0) is 14.5. The summed E-state index contributed by atoms with van der Waals surface area (Å²) in [6, 6.07) is 8.56. The molecule has 0 fully saturated rings. The number of anilines is 1. The molecule has 0 aliphatic rings. The molecule has 104 valence electrons. The van der Waals surface area contributed by atoms with Crippen molar-refractivity contribution in [3.63, 3.8) is 0 Å². The Bertz CT molecular complexity index is 616. The van der Waals surface area contributed by atoms with Gasteiger partial charge in [-0.3, -0.25) is 9.59 Å². The third-order valence-electron chi connectivity index (χ3n) is 2.69. The predicted octanol–water partition coefficient (Wildman–Crippen LogP) is 2.25. The summed E-state index contributed by atoms with van der Waals surface area (Å²) >= 11 is 0. The molecule has 1 aromatic heterocycles. The smallest absolute Gasteiger partial charge is 0.303 e. The fourth-order valence-electron chi connectivity index (χ4n) is 1.67.